The molecule has 1 aromatic rings. The van der Waals surface area contributed by atoms with Crippen LogP contribution in [0.4, 0.5) is 11.4 Å². The Morgan fingerprint density at radius 2 is 2.12 bits per heavy atom. The molecule has 0 aliphatic heterocycles. The number of aliphatic hydroxyl groups is 1. The Bertz CT molecular complexity index is 331. The van der Waals surface area contributed by atoms with Crippen LogP contribution >= 0.6 is 15.9 Å². The van der Waals surface area contributed by atoms with Gasteiger partial charge in [0.25, 0.3) is 0 Å². The van der Waals surface area contributed by atoms with Crippen molar-refractivity contribution in [2.45, 2.75) is 19.8 Å². The average molecular weight is 287 g/mol. The SMILES string of the molecule is CCCCN(CCO)c1cc(Br)ccc1N. The highest BCUT2D eigenvalue weighted by Gasteiger charge is 2.09. The van der Waals surface area contributed by atoms with Gasteiger partial charge in [0.05, 0.1) is 18.0 Å². The summed E-state index contributed by atoms with van der Waals surface area (Å²) in [5, 5.41) is 9.06. The van der Waals surface area contributed by atoms with Gasteiger partial charge < -0.3 is 15.7 Å². The predicted octanol–water partition coefficient (Wildman–Crippen LogP) is 2.63. The highest BCUT2D eigenvalue weighted by atomic mass is 79.9. The van der Waals surface area contributed by atoms with Crippen LogP contribution in [-0.4, -0.2) is 24.8 Å². The van der Waals surface area contributed by atoms with Crippen LogP contribution in [0.1, 0.15) is 19.8 Å². The molecule has 0 amide bonds. The molecule has 0 aromatic heterocycles. The molecule has 0 aliphatic rings. The van der Waals surface area contributed by atoms with Crippen molar-refractivity contribution in [1.29, 1.82) is 0 Å². The van der Waals surface area contributed by atoms with Gasteiger partial charge in [-0.1, -0.05) is 29.3 Å². The zero-order chi connectivity index (χ0) is 12.0. The molecule has 0 atom stereocenters. The Morgan fingerprint density at radius 3 is 2.75 bits per heavy atom. The molecule has 0 saturated heterocycles. The van der Waals surface area contributed by atoms with Gasteiger partial charge in [-0.05, 0) is 24.6 Å². The van der Waals surface area contributed by atoms with E-state index in [1.165, 1.54) is 0 Å². The fraction of sp³-hybridized carbons (Fsp3) is 0.500. The zero-order valence-corrected chi connectivity index (χ0v) is 11.2. The molecule has 0 spiro atoms. The van der Waals surface area contributed by atoms with Crippen molar-refractivity contribution < 1.29 is 5.11 Å². The summed E-state index contributed by atoms with van der Waals surface area (Å²) >= 11 is 3.44. The van der Waals surface area contributed by atoms with Crippen molar-refractivity contribution in [2.24, 2.45) is 0 Å². The minimum absolute atomic E-state index is 0.148. The van der Waals surface area contributed by atoms with Crippen molar-refractivity contribution in [3.8, 4) is 0 Å². The number of nitrogen functional groups attached to an aromatic ring is 1. The van der Waals surface area contributed by atoms with Crippen molar-refractivity contribution in [1.82, 2.24) is 0 Å². The largest absolute Gasteiger partial charge is 0.397 e. The van der Waals surface area contributed by atoms with Gasteiger partial charge >= 0.3 is 0 Å². The van der Waals surface area contributed by atoms with E-state index in [9.17, 15) is 0 Å². The molecule has 90 valence electrons. The molecule has 0 radical (unpaired) electrons. The number of anilines is 2. The fourth-order valence-electron chi connectivity index (χ4n) is 1.61. The maximum absolute atomic E-state index is 9.06. The standard InChI is InChI=1S/C12H19BrN2O/c1-2-3-6-15(7-8-16)12-9-10(13)4-5-11(12)14/h4-5,9,16H,2-3,6-8,14H2,1H3. The Morgan fingerprint density at radius 1 is 1.38 bits per heavy atom. The first-order valence-electron chi connectivity index (χ1n) is 5.60. The lowest BCUT2D eigenvalue weighted by Crippen LogP contribution is -2.28. The molecule has 1 rings (SSSR count). The summed E-state index contributed by atoms with van der Waals surface area (Å²) in [4.78, 5) is 2.13. The monoisotopic (exact) mass is 286 g/mol. The molecule has 16 heavy (non-hydrogen) atoms. The summed E-state index contributed by atoms with van der Waals surface area (Å²) in [5.41, 5.74) is 7.70. The van der Waals surface area contributed by atoms with Crippen LogP contribution in [0.25, 0.3) is 0 Å². The maximum Gasteiger partial charge on any atom is 0.0612 e. The fourth-order valence-corrected chi connectivity index (χ4v) is 1.96. The molecule has 0 saturated carbocycles. The van der Waals surface area contributed by atoms with Crippen LogP contribution in [0.5, 0.6) is 0 Å². The van der Waals surface area contributed by atoms with Gasteiger partial charge in [-0.2, -0.15) is 0 Å². The number of nitrogens with two attached hydrogens (primary N) is 1. The second-order valence-electron chi connectivity index (χ2n) is 3.77. The summed E-state index contributed by atoms with van der Waals surface area (Å²) in [6, 6.07) is 5.81. The number of rotatable bonds is 6. The normalized spacial score (nSPS) is 10.4. The Hall–Kier alpha value is -0.740. The van der Waals surface area contributed by atoms with Crippen molar-refractivity contribution in [3.05, 3.63) is 22.7 Å². The Kier molecular flexibility index (Phi) is 5.63. The van der Waals surface area contributed by atoms with E-state index in [1.807, 2.05) is 18.2 Å². The van der Waals surface area contributed by atoms with E-state index in [1.54, 1.807) is 0 Å². The quantitative estimate of drug-likeness (QED) is 0.791. The lowest BCUT2D eigenvalue weighted by molar-refractivity contribution is 0.301. The van der Waals surface area contributed by atoms with E-state index >= 15 is 0 Å². The molecule has 3 nitrogen and oxygen atoms in total. The van der Waals surface area contributed by atoms with Crippen LogP contribution in [-0.2, 0) is 0 Å². The lowest BCUT2D eigenvalue weighted by Gasteiger charge is -2.25. The van der Waals surface area contributed by atoms with Crippen molar-refractivity contribution in [2.75, 3.05) is 30.3 Å². The highest BCUT2D eigenvalue weighted by molar-refractivity contribution is 9.10. The molecule has 0 fully saturated rings. The Balaban J connectivity index is 2.85. The van der Waals surface area contributed by atoms with Crippen LogP contribution in [0.15, 0.2) is 22.7 Å². The van der Waals surface area contributed by atoms with Gasteiger partial charge in [-0.25, -0.2) is 0 Å². The molecule has 1 aromatic carbocycles. The first-order chi connectivity index (χ1) is 7.69. The summed E-state index contributed by atoms with van der Waals surface area (Å²) in [6.07, 6.45) is 2.24. The number of unbranched alkanes of at least 4 members (excludes halogenated alkanes) is 1. The summed E-state index contributed by atoms with van der Waals surface area (Å²) in [7, 11) is 0. The smallest absolute Gasteiger partial charge is 0.0612 e. The lowest BCUT2D eigenvalue weighted by atomic mass is 10.2. The molecule has 0 unspecified atom stereocenters. The molecule has 4 heteroatoms. The van der Waals surface area contributed by atoms with E-state index in [4.69, 9.17) is 10.8 Å². The second-order valence-corrected chi connectivity index (χ2v) is 4.68. The number of nitrogens with zero attached hydrogens (tertiary/aromatic N) is 1. The van der Waals surface area contributed by atoms with Gasteiger partial charge in [0, 0.05) is 17.6 Å². The van der Waals surface area contributed by atoms with E-state index in [2.05, 4.69) is 27.8 Å². The van der Waals surface area contributed by atoms with E-state index in [0.29, 0.717) is 6.54 Å². The minimum Gasteiger partial charge on any atom is -0.397 e. The summed E-state index contributed by atoms with van der Waals surface area (Å²) in [6.45, 7) is 3.86. The zero-order valence-electron chi connectivity index (χ0n) is 9.62. The summed E-state index contributed by atoms with van der Waals surface area (Å²) < 4.78 is 1.01. The van der Waals surface area contributed by atoms with Gasteiger partial charge in [-0.15, -0.1) is 0 Å². The number of halogens is 1. The second kappa shape index (κ2) is 6.76. The van der Waals surface area contributed by atoms with Gasteiger partial charge in [0.15, 0.2) is 0 Å². The summed E-state index contributed by atoms with van der Waals surface area (Å²) in [5.74, 6) is 0. The number of aliphatic hydroxyl groups excluding tert-OH is 1. The molecular weight excluding hydrogens is 268 g/mol. The third-order valence-electron chi connectivity index (χ3n) is 2.48. The van der Waals surface area contributed by atoms with E-state index in [0.717, 1.165) is 35.2 Å². The number of hydrogen-bond acceptors (Lipinski definition) is 3. The van der Waals surface area contributed by atoms with Gasteiger partial charge in [0.1, 0.15) is 0 Å². The van der Waals surface area contributed by atoms with Gasteiger partial charge in [-0.3, -0.25) is 0 Å². The molecule has 0 bridgehead atoms. The molecule has 0 heterocycles. The van der Waals surface area contributed by atoms with Crippen molar-refractivity contribution >= 4 is 27.3 Å². The number of benzene rings is 1. The first-order valence-corrected chi connectivity index (χ1v) is 6.39. The minimum atomic E-state index is 0.148. The van der Waals surface area contributed by atoms with Crippen LogP contribution in [0.2, 0.25) is 0 Å². The molecular formula is C12H19BrN2O. The first kappa shape index (κ1) is 13.3. The highest BCUT2D eigenvalue weighted by Crippen LogP contribution is 2.27. The van der Waals surface area contributed by atoms with E-state index < -0.39 is 0 Å². The average Bonchev–Trinajstić information content (AvgIpc) is 2.28. The third-order valence-corrected chi connectivity index (χ3v) is 2.98. The Labute approximate surface area is 105 Å². The molecule has 0 aliphatic carbocycles. The molecule has 3 N–H and O–H groups in total. The third kappa shape index (κ3) is 3.68. The maximum atomic E-state index is 9.06. The van der Waals surface area contributed by atoms with Gasteiger partial charge in [0.2, 0.25) is 0 Å². The van der Waals surface area contributed by atoms with Crippen LogP contribution < -0.4 is 10.6 Å². The van der Waals surface area contributed by atoms with Crippen LogP contribution in [0, 0.1) is 0 Å². The topological polar surface area (TPSA) is 49.5 Å². The number of hydrogen-bond donors (Lipinski definition) is 2. The van der Waals surface area contributed by atoms with E-state index in [-0.39, 0.29) is 6.61 Å². The van der Waals surface area contributed by atoms with Crippen LogP contribution in [0.3, 0.4) is 0 Å². The van der Waals surface area contributed by atoms with Crippen molar-refractivity contribution in [3.63, 3.8) is 0 Å². The predicted molar refractivity (Wildman–Crippen MR) is 72.8 cm³/mol.